The van der Waals surface area contributed by atoms with Gasteiger partial charge >= 0.3 is 0 Å². The molecule has 0 fully saturated rings. The minimum Gasteiger partial charge on any atom is -0.388 e. The maximum absolute atomic E-state index is 12.0. The number of nitrogens with one attached hydrogen (secondary N) is 1. The number of fused-ring (bicyclic) bond motifs is 1. The lowest BCUT2D eigenvalue weighted by Gasteiger charge is -2.11. The summed E-state index contributed by atoms with van der Waals surface area (Å²) in [6.45, 7) is 0.995. The molecule has 5 heteroatoms. The molecule has 24 heavy (non-hydrogen) atoms. The predicted molar refractivity (Wildman–Crippen MR) is 93.4 cm³/mol. The fourth-order valence-corrected chi connectivity index (χ4v) is 2.69. The largest absolute Gasteiger partial charge is 0.388 e. The van der Waals surface area contributed by atoms with E-state index in [2.05, 4.69) is 10.4 Å². The van der Waals surface area contributed by atoms with Gasteiger partial charge in [-0.3, -0.25) is 9.48 Å². The predicted octanol–water partition coefficient (Wildman–Crippen LogP) is 2.67. The summed E-state index contributed by atoms with van der Waals surface area (Å²) >= 11 is 0. The summed E-state index contributed by atoms with van der Waals surface area (Å²) in [5.74, 6) is -0.0326. The van der Waals surface area contributed by atoms with E-state index in [1.54, 1.807) is 0 Å². The first-order valence-electron chi connectivity index (χ1n) is 8.14. The molecule has 1 heterocycles. The summed E-state index contributed by atoms with van der Waals surface area (Å²) in [5, 5.41) is 18.3. The van der Waals surface area contributed by atoms with E-state index in [1.165, 1.54) is 0 Å². The number of aryl methyl sites for hydroxylation is 1. The molecule has 0 aliphatic rings. The molecule has 5 nitrogen and oxygen atoms in total. The Morgan fingerprint density at radius 2 is 1.88 bits per heavy atom. The van der Waals surface area contributed by atoms with Crippen LogP contribution in [0.5, 0.6) is 0 Å². The van der Waals surface area contributed by atoms with Crippen molar-refractivity contribution in [3.8, 4) is 0 Å². The zero-order chi connectivity index (χ0) is 16.8. The van der Waals surface area contributed by atoms with Gasteiger partial charge in [0.05, 0.1) is 24.4 Å². The Kier molecular flexibility index (Phi) is 5.23. The van der Waals surface area contributed by atoms with Crippen molar-refractivity contribution in [3.05, 3.63) is 66.4 Å². The fourth-order valence-electron chi connectivity index (χ4n) is 2.69. The molecule has 0 bridgehead atoms. The minimum absolute atomic E-state index is 0.0326. The Balaban J connectivity index is 1.43. The number of aliphatic hydroxyl groups is 1. The molecule has 3 aromatic rings. The number of benzene rings is 2. The number of amides is 1. The maximum Gasteiger partial charge on any atom is 0.221 e. The Labute approximate surface area is 140 Å². The molecule has 124 valence electrons. The van der Waals surface area contributed by atoms with Crippen LogP contribution in [-0.4, -0.2) is 27.3 Å². The SMILES string of the molecule is O=C(CCn1ncc2ccccc21)NCCC(O)c1ccccc1. The van der Waals surface area contributed by atoms with E-state index in [-0.39, 0.29) is 5.91 Å². The van der Waals surface area contributed by atoms with Crippen molar-refractivity contribution < 1.29 is 9.90 Å². The highest BCUT2D eigenvalue weighted by Crippen LogP contribution is 2.15. The zero-order valence-corrected chi connectivity index (χ0v) is 13.4. The van der Waals surface area contributed by atoms with Gasteiger partial charge in [-0.05, 0) is 18.1 Å². The van der Waals surface area contributed by atoms with Crippen LogP contribution in [0.25, 0.3) is 10.9 Å². The summed E-state index contributed by atoms with van der Waals surface area (Å²) < 4.78 is 1.84. The molecule has 2 N–H and O–H groups in total. The van der Waals surface area contributed by atoms with Gasteiger partial charge in [-0.15, -0.1) is 0 Å². The van der Waals surface area contributed by atoms with Crippen LogP contribution in [0, 0.1) is 0 Å². The fraction of sp³-hybridized carbons (Fsp3) is 0.263. The van der Waals surface area contributed by atoms with Gasteiger partial charge in [0.1, 0.15) is 0 Å². The Bertz CT molecular complexity index is 798. The van der Waals surface area contributed by atoms with E-state index in [4.69, 9.17) is 0 Å². The first-order chi connectivity index (χ1) is 11.7. The van der Waals surface area contributed by atoms with Gasteiger partial charge in [0, 0.05) is 18.4 Å². The van der Waals surface area contributed by atoms with Crippen molar-refractivity contribution in [2.45, 2.75) is 25.5 Å². The summed E-state index contributed by atoms with van der Waals surface area (Å²) in [4.78, 5) is 12.0. The Morgan fingerprint density at radius 1 is 1.12 bits per heavy atom. The third-order valence-corrected chi connectivity index (χ3v) is 4.03. The standard InChI is InChI=1S/C19H21N3O2/c23-18(15-6-2-1-3-7-15)10-12-20-19(24)11-13-22-17-9-5-4-8-16(17)14-21-22/h1-9,14,18,23H,10-13H2,(H,20,24). The van der Waals surface area contributed by atoms with Gasteiger partial charge in [-0.1, -0.05) is 48.5 Å². The van der Waals surface area contributed by atoms with E-state index >= 15 is 0 Å². The van der Waals surface area contributed by atoms with Crippen LogP contribution in [-0.2, 0) is 11.3 Å². The number of rotatable bonds is 7. The van der Waals surface area contributed by atoms with Crippen molar-refractivity contribution >= 4 is 16.8 Å². The highest BCUT2D eigenvalue weighted by Gasteiger charge is 2.09. The van der Waals surface area contributed by atoms with Crippen molar-refractivity contribution in [1.82, 2.24) is 15.1 Å². The van der Waals surface area contributed by atoms with Crippen LogP contribution in [0.2, 0.25) is 0 Å². The molecule has 0 aliphatic carbocycles. The van der Waals surface area contributed by atoms with Crippen LogP contribution < -0.4 is 5.32 Å². The monoisotopic (exact) mass is 323 g/mol. The first kappa shape index (κ1) is 16.2. The van der Waals surface area contributed by atoms with Gasteiger partial charge in [-0.25, -0.2) is 0 Å². The van der Waals surface area contributed by atoms with Gasteiger partial charge in [0.2, 0.25) is 5.91 Å². The van der Waals surface area contributed by atoms with Crippen LogP contribution in [0.4, 0.5) is 0 Å². The number of aliphatic hydroxyl groups excluding tert-OH is 1. The van der Waals surface area contributed by atoms with Crippen molar-refractivity contribution in [2.75, 3.05) is 6.54 Å². The van der Waals surface area contributed by atoms with Gasteiger partial charge < -0.3 is 10.4 Å². The van der Waals surface area contributed by atoms with Gasteiger partial charge in [0.15, 0.2) is 0 Å². The van der Waals surface area contributed by atoms with E-state index in [9.17, 15) is 9.90 Å². The summed E-state index contributed by atoms with van der Waals surface area (Å²) in [6, 6.07) is 17.4. The lowest BCUT2D eigenvalue weighted by molar-refractivity contribution is -0.121. The average Bonchev–Trinajstić information content (AvgIpc) is 3.04. The number of para-hydroxylation sites is 1. The summed E-state index contributed by atoms with van der Waals surface area (Å²) in [5.41, 5.74) is 1.90. The number of carbonyl (C=O) groups is 1. The third-order valence-electron chi connectivity index (χ3n) is 4.03. The second kappa shape index (κ2) is 7.75. The van der Waals surface area contributed by atoms with E-state index in [0.29, 0.717) is 25.9 Å². The minimum atomic E-state index is -0.554. The van der Waals surface area contributed by atoms with E-state index in [0.717, 1.165) is 16.5 Å². The molecular weight excluding hydrogens is 302 g/mol. The van der Waals surface area contributed by atoms with Crippen LogP contribution in [0.15, 0.2) is 60.8 Å². The zero-order valence-electron chi connectivity index (χ0n) is 13.4. The molecule has 0 radical (unpaired) electrons. The van der Waals surface area contributed by atoms with Gasteiger partial charge in [-0.2, -0.15) is 5.10 Å². The molecule has 0 saturated heterocycles. The molecule has 1 aromatic heterocycles. The van der Waals surface area contributed by atoms with Crippen LogP contribution >= 0.6 is 0 Å². The highest BCUT2D eigenvalue weighted by molar-refractivity contribution is 5.79. The van der Waals surface area contributed by atoms with Crippen molar-refractivity contribution in [2.24, 2.45) is 0 Å². The van der Waals surface area contributed by atoms with E-state index in [1.807, 2.05) is 65.5 Å². The lowest BCUT2D eigenvalue weighted by Crippen LogP contribution is -2.26. The molecule has 3 rings (SSSR count). The number of hydrogen-bond donors (Lipinski definition) is 2. The number of carbonyl (C=O) groups excluding carboxylic acids is 1. The van der Waals surface area contributed by atoms with E-state index < -0.39 is 6.10 Å². The maximum atomic E-state index is 12.0. The van der Waals surface area contributed by atoms with Crippen molar-refractivity contribution in [3.63, 3.8) is 0 Å². The molecule has 0 aliphatic heterocycles. The van der Waals surface area contributed by atoms with Crippen LogP contribution in [0.3, 0.4) is 0 Å². The quantitative estimate of drug-likeness (QED) is 0.702. The van der Waals surface area contributed by atoms with Gasteiger partial charge in [0.25, 0.3) is 0 Å². The second-order valence-corrected chi connectivity index (χ2v) is 5.74. The molecule has 2 aromatic carbocycles. The molecule has 1 unspecified atom stereocenters. The Hall–Kier alpha value is -2.66. The molecular formula is C19H21N3O2. The van der Waals surface area contributed by atoms with Crippen LogP contribution in [0.1, 0.15) is 24.5 Å². The van der Waals surface area contributed by atoms with Crippen molar-refractivity contribution in [1.29, 1.82) is 0 Å². The number of nitrogens with zero attached hydrogens (tertiary/aromatic N) is 2. The second-order valence-electron chi connectivity index (χ2n) is 5.74. The lowest BCUT2D eigenvalue weighted by atomic mass is 10.1. The highest BCUT2D eigenvalue weighted by atomic mass is 16.3. The number of hydrogen-bond acceptors (Lipinski definition) is 3. The normalized spacial score (nSPS) is 12.2. The smallest absolute Gasteiger partial charge is 0.221 e. The first-order valence-corrected chi connectivity index (χ1v) is 8.14. The molecule has 0 saturated carbocycles. The molecule has 0 spiro atoms. The molecule has 1 amide bonds. The summed E-state index contributed by atoms with van der Waals surface area (Å²) in [6.07, 6.45) is 2.12. The molecule has 1 atom stereocenters. The topological polar surface area (TPSA) is 67.2 Å². The Morgan fingerprint density at radius 3 is 2.71 bits per heavy atom. The summed E-state index contributed by atoms with van der Waals surface area (Å²) in [7, 11) is 0. The third kappa shape index (κ3) is 4.00. The number of aromatic nitrogens is 2. The average molecular weight is 323 g/mol.